The van der Waals surface area contributed by atoms with Gasteiger partial charge in [-0.2, -0.15) is 0 Å². The van der Waals surface area contributed by atoms with Gasteiger partial charge in [-0.3, -0.25) is 20.4 Å². The van der Waals surface area contributed by atoms with Gasteiger partial charge in [0.1, 0.15) is 5.75 Å². The topological polar surface area (TPSA) is 67.4 Å². The van der Waals surface area contributed by atoms with Gasteiger partial charge in [0.2, 0.25) is 5.91 Å². The SMILES string of the molecule is Cc1ccc(CSCC(=O)NNC(=O)C(C)Oc2cccc(C)c2C)cc1. The standard InChI is InChI=1S/C21H26N2O3S/c1-14-8-10-18(11-9-14)12-27-13-20(24)22-23-21(25)17(4)26-19-7-5-6-15(2)16(19)3/h5-11,17H,12-13H2,1-4H3,(H,22,24)(H,23,25). The molecule has 27 heavy (non-hydrogen) atoms. The average molecular weight is 387 g/mol. The molecule has 0 aliphatic heterocycles. The number of nitrogens with one attached hydrogen (secondary N) is 2. The molecule has 0 aliphatic rings. The average Bonchev–Trinajstić information content (AvgIpc) is 2.65. The van der Waals surface area contributed by atoms with Gasteiger partial charge in [-0.1, -0.05) is 42.0 Å². The number of hydrazine groups is 1. The summed E-state index contributed by atoms with van der Waals surface area (Å²) in [6.07, 6.45) is -0.717. The van der Waals surface area contributed by atoms with Crippen LogP contribution in [-0.2, 0) is 15.3 Å². The number of hydrogen-bond donors (Lipinski definition) is 2. The fourth-order valence-corrected chi connectivity index (χ4v) is 3.10. The molecular formula is C21H26N2O3S. The summed E-state index contributed by atoms with van der Waals surface area (Å²) in [4.78, 5) is 24.0. The molecule has 0 bridgehead atoms. The Bertz CT molecular complexity index is 791. The Morgan fingerprint density at radius 1 is 1.04 bits per heavy atom. The number of carbonyl (C=O) groups is 2. The lowest BCUT2D eigenvalue weighted by atomic mass is 10.1. The Morgan fingerprint density at radius 2 is 1.74 bits per heavy atom. The lowest BCUT2D eigenvalue weighted by Crippen LogP contribution is -2.47. The van der Waals surface area contributed by atoms with Crippen molar-refractivity contribution in [1.82, 2.24) is 10.9 Å². The summed E-state index contributed by atoms with van der Waals surface area (Å²) in [5, 5.41) is 0. The molecule has 2 aromatic carbocycles. The van der Waals surface area contributed by atoms with Gasteiger partial charge in [-0.15, -0.1) is 11.8 Å². The number of amides is 2. The molecule has 0 spiro atoms. The lowest BCUT2D eigenvalue weighted by molar-refractivity contribution is -0.131. The maximum atomic E-state index is 12.1. The van der Waals surface area contributed by atoms with E-state index in [4.69, 9.17) is 4.74 Å². The Hall–Kier alpha value is -2.47. The Labute approximate surface area is 164 Å². The van der Waals surface area contributed by atoms with Crippen LogP contribution in [0.2, 0.25) is 0 Å². The predicted octanol–water partition coefficient (Wildman–Crippen LogP) is 3.46. The van der Waals surface area contributed by atoms with Crippen molar-refractivity contribution in [3.63, 3.8) is 0 Å². The molecule has 1 unspecified atom stereocenters. The van der Waals surface area contributed by atoms with Crippen molar-refractivity contribution in [3.8, 4) is 5.75 Å². The van der Waals surface area contributed by atoms with E-state index < -0.39 is 12.0 Å². The van der Waals surface area contributed by atoms with Gasteiger partial charge in [0.15, 0.2) is 6.10 Å². The van der Waals surface area contributed by atoms with Gasteiger partial charge < -0.3 is 4.74 Å². The van der Waals surface area contributed by atoms with Crippen LogP contribution in [0.1, 0.15) is 29.2 Å². The molecule has 0 fully saturated rings. The van der Waals surface area contributed by atoms with Crippen LogP contribution in [0.5, 0.6) is 5.75 Å². The number of carbonyl (C=O) groups excluding carboxylic acids is 2. The Balaban J connectivity index is 1.71. The highest BCUT2D eigenvalue weighted by Gasteiger charge is 2.16. The van der Waals surface area contributed by atoms with E-state index in [2.05, 4.69) is 10.9 Å². The van der Waals surface area contributed by atoms with Crippen LogP contribution >= 0.6 is 11.8 Å². The molecule has 1 atom stereocenters. The van der Waals surface area contributed by atoms with Crippen molar-refractivity contribution in [2.24, 2.45) is 0 Å². The zero-order valence-electron chi connectivity index (χ0n) is 16.2. The van der Waals surface area contributed by atoms with Gasteiger partial charge in [0.25, 0.3) is 5.91 Å². The molecule has 144 valence electrons. The first-order valence-corrected chi connectivity index (χ1v) is 9.97. The normalized spacial score (nSPS) is 11.6. The molecule has 0 radical (unpaired) electrons. The van der Waals surface area contributed by atoms with Crippen LogP contribution in [-0.4, -0.2) is 23.7 Å². The number of aryl methyl sites for hydroxylation is 2. The highest BCUT2D eigenvalue weighted by molar-refractivity contribution is 7.99. The third kappa shape index (κ3) is 6.64. The third-order valence-electron chi connectivity index (χ3n) is 4.18. The van der Waals surface area contributed by atoms with Crippen LogP contribution in [0, 0.1) is 20.8 Å². The van der Waals surface area contributed by atoms with Gasteiger partial charge in [0, 0.05) is 5.75 Å². The summed E-state index contributed by atoms with van der Waals surface area (Å²) in [5.41, 5.74) is 9.31. The molecule has 0 heterocycles. The quantitative estimate of drug-likeness (QED) is 0.715. The summed E-state index contributed by atoms with van der Waals surface area (Å²) in [6.45, 7) is 7.62. The predicted molar refractivity (Wildman–Crippen MR) is 110 cm³/mol. The smallest absolute Gasteiger partial charge is 0.279 e. The van der Waals surface area contributed by atoms with Crippen molar-refractivity contribution in [3.05, 3.63) is 64.7 Å². The van der Waals surface area contributed by atoms with Crippen LogP contribution < -0.4 is 15.6 Å². The van der Waals surface area contributed by atoms with Gasteiger partial charge in [-0.25, -0.2) is 0 Å². The summed E-state index contributed by atoms with van der Waals surface area (Å²) in [6, 6.07) is 13.9. The number of benzene rings is 2. The van der Waals surface area contributed by atoms with E-state index in [1.165, 1.54) is 17.3 Å². The van der Waals surface area contributed by atoms with Crippen molar-refractivity contribution < 1.29 is 14.3 Å². The maximum absolute atomic E-state index is 12.1. The second-order valence-corrected chi connectivity index (χ2v) is 7.46. The minimum atomic E-state index is -0.717. The fourth-order valence-electron chi connectivity index (χ4n) is 2.31. The molecule has 0 saturated heterocycles. The van der Waals surface area contributed by atoms with E-state index in [1.807, 2.05) is 63.2 Å². The van der Waals surface area contributed by atoms with Crippen molar-refractivity contribution in [1.29, 1.82) is 0 Å². The van der Waals surface area contributed by atoms with Crippen molar-refractivity contribution >= 4 is 23.6 Å². The monoisotopic (exact) mass is 386 g/mol. The fraction of sp³-hybridized carbons (Fsp3) is 0.333. The highest BCUT2D eigenvalue weighted by atomic mass is 32.2. The number of ether oxygens (including phenoxy) is 1. The van der Waals surface area contributed by atoms with Gasteiger partial charge in [-0.05, 0) is 50.5 Å². The Kier molecular flexibility index (Phi) is 7.73. The van der Waals surface area contributed by atoms with Crippen LogP contribution in [0.4, 0.5) is 0 Å². The molecule has 0 aliphatic carbocycles. The Morgan fingerprint density at radius 3 is 2.44 bits per heavy atom. The summed E-state index contributed by atoms with van der Waals surface area (Å²) < 4.78 is 5.70. The third-order valence-corrected chi connectivity index (χ3v) is 5.18. The number of hydrogen-bond acceptors (Lipinski definition) is 4. The van der Waals surface area contributed by atoms with E-state index in [0.29, 0.717) is 5.75 Å². The summed E-state index contributed by atoms with van der Waals surface area (Å²) in [5.74, 6) is 1.03. The molecule has 2 N–H and O–H groups in total. The molecule has 2 amide bonds. The molecular weight excluding hydrogens is 360 g/mol. The molecule has 5 nitrogen and oxygen atoms in total. The van der Waals surface area contributed by atoms with Crippen LogP contribution in [0.3, 0.4) is 0 Å². The minimum Gasteiger partial charge on any atom is -0.481 e. The summed E-state index contributed by atoms with van der Waals surface area (Å²) in [7, 11) is 0. The lowest BCUT2D eigenvalue weighted by Gasteiger charge is -2.17. The molecule has 0 aromatic heterocycles. The van der Waals surface area contributed by atoms with E-state index in [9.17, 15) is 9.59 Å². The minimum absolute atomic E-state index is 0.251. The van der Waals surface area contributed by atoms with Gasteiger partial charge >= 0.3 is 0 Å². The number of thioether (sulfide) groups is 1. The van der Waals surface area contributed by atoms with E-state index in [-0.39, 0.29) is 11.7 Å². The van der Waals surface area contributed by atoms with Crippen molar-refractivity contribution in [2.75, 3.05) is 5.75 Å². The molecule has 6 heteroatoms. The summed E-state index contributed by atoms with van der Waals surface area (Å²) >= 11 is 1.49. The second kappa shape index (κ2) is 10.0. The second-order valence-electron chi connectivity index (χ2n) is 6.47. The van der Waals surface area contributed by atoms with Crippen LogP contribution in [0.15, 0.2) is 42.5 Å². The maximum Gasteiger partial charge on any atom is 0.279 e. The zero-order valence-corrected chi connectivity index (χ0v) is 17.0. The molecule has 2 aromatic rings. The van der Waals surface area contributed by atoms with Gasteiger partial charge in [0.05, 0.1) is 5.75 Å². The molecule has 2 rings (SSSR count). The first-order chi connectivity index (χ1) is 12.9. The van der Waals surface area contributed by atoms with E-state index in [1.54, 1.807) is 6.92 Å². The number of rotatable bonds is 7. The zero-order chi connectivity index (χ0) is 19.8. The van der Waals surface area contributed by atoms with Crippen LogP contribution in [0.25, 0.3) is 0 Å². The first-order valence-electron chi connectivity index (χ1n) is 8.81. The first kappa shape index (κ1) is 20.8. The van der Waals surface area contributed by atoms with Crippen molar-refractivity contribution in [2.45, 2.75) is 39.6 Å². The molecule has 0 saturated carbocycles. The largest absolute Gasteiger partial charge is 0.481 e. The van der Waals surface area contributed by atoms with E-state index >= 15 is 0 Å². The highest BCUT2D eigenvalue weighted by Crippen LogP contribution is 2.21. The van der Waals surface area contributed by atoms with E-state index in [0.717, 1.165) is 22.4 Å².